The standard InChI is InChI=1S/C18H32O4/c1-3-5-11-15-21-17(19)13-9-7-8-10-14-18(20)22-16-12-6-4-2/h7-8H,3-6,9-16H2,1-2H3. The van der Waals surface area contributed by atoms with E-state index in [0.717, 1.165) is 38.5 Å². The van der Waals surface area contributed by atoms with Crippen LogP contribution in [0.1, 0.15) is 78.1 Å². The maximum absolute atomic E-state index is 11.4. The molecule has 0 amide bonds. The van der Waals surface area contributed by atoms with Gasteiger partial charge in [0.05, 0.1) is 13.2 Å². The predicted molar refractivity (Wildman–Crippen MR) is 88.6 cm³/mol. The number of carbonyl (C=O) groups excluding carboxylic acids is 2. The van der Waals surface area contributed by atoms with Crippen molar-refractivity contribution >= 4 is 11.9 Å². The molecular formula is C18H32O4. The molecule has 0 spiro atoms. The van der Waals surface area contributed by atoms with Gasteiger partial charge in [-0.15, -0.1) is 0 Å². The van der Waals surface area contributed by atoms with E-state index in [2.05, 4.69) is 13.8 Å². The van der Waals surface area contributed by atoms with E-state index >= 15 is 0 Å². The van der Waals surface area contributed by atoms with Crippen LogP contribution in [0.2, 0.25) is 0 Å². The number of rotatable bonds is 14. The second kappa shape index (κ2) is 16.1. The highest BCUT2D eigenvalue weighted by atomic mass is 16.5. The number of allylic oxidation sites excluding steroid dienone is 2. The average Bonchev–Trinajstić information content (AvgIpc) is 2.51. The Morgan fingerprint density at radius 1 is 0.727 bits per heavy atom. The summed E-state index contributed by atoms with van der Waals surface area (Å²) in [4.78, 5) is 22.8. The van der Waals surface area contributed by atoms with Gasteiger partial charge in [-0.25, -0.2) is 0 Å². The number of hydrogen-bond acceptors (Lipinski definition) is 4. The van der Waals surface area contributed by atoms with Gasteiger partial charge in [0.25, 0.3) is 0 Å². The molecule has 0 radical (unpaired) electrons. The highest BCUT2D eigenvalue weighted by Gasteiger charge is 2.01. The molecule has 0 saturated heterocycles. The molecule has 4 heteroatoms. The summed E-state index contributed by atoms with van der Waals surface area (Å²) in [6, 6.07) is 0. The molecule has 22 heavy (non-hydrogen) atoms. The molecule has 0 bridgehead atoms. The third kappa shape index (κ3) is 15.1. The first-order valence-corrected chi connectivity index (χ1v) is 8.66. The second-order valence-electron chi connectivity index (χ2n) is 5.40. The van der Waals surface area contributed by atoms with Crippen LogP contribution in [0.3, 0.4) is 0 Å². The average molecular weight is 312 g/mol. The van der Waals surface area contributed by atoms with Crippen molar-refractivity contribution in [1.29, 1.82) is 0 Å². The maximum Gasteiger partial charge on any atom is 0.306 e. The fourth-order valence-electron chi connectivity index (χ4n) is 1.86. The Morgan fingerprint density at radius 3 is 1.50 bits per heavy atom. The predicted octanol–water partition coefficient (Wildman–Crippen LogP) is 4.57. The molecule has 0 heterocycles. The van der Waals surface area contributed by atoms with E-state index in [0.29, 0.717) is 38.9 Å². The van der Waals surface area contributed by atoms with E-state index < -0.39 is 0 Å². The summed E-state index contributed by atoms with van der Waals surface area (Å²) in [7, 11) is 0. The highest BCUT2D eigenvalue weighted by molar-refractivity contribution is 5.70. The molecule has 0 fully saturated rings. The number of carbonyl (C=O) groups is 2. The Bertz CT molecular complexity index is 280. The second-order valence-corrected chi connectivity index (χ2v) is 5.40. The summed E-state index contributed by atoms with van der Waals surface area (Å²) in [5.74, 6) is -0.285. The van der Waals surface area contributed by atoms with Gasteiger partial charge in [0, 0.05) is 12.8 Å². The van der Waals surface area contributed by atoms with Gasteiger partial charge < -0.3 is 9.47 Å². The molecule has 4 nitrogen and oxygen atoms in total. The van der Waals surface area contributed by atoms with Gasteiger partial charge in [-0.2, -0.15) is 0 Å². The summed E-state index contributed by atoms with van der Waals surface area (Å²) in [6.07, 6.45) is 12.3. The lowest BCUT2D eigenvalue weighted by Gasteiger charge is -2.03. The molecule has 0 aliphatic rings. The van der Waals surface area contributed by atoms with Crippen LogP contribution >= 0.6 is 0 Å². The maximum atomic E-state index is 11.4. The Hall–Kier alpha value is -1.32. The van der Waals surface area contributed by atoms with E-state index in [1.165, 1.54) is 0 Å². The van der Waals surface area contributed by atoms with E-state index in [9.17, 15) is 9.59 Å². The smallest absolute Gasteiger partial charge is 0.306 e. The highest BCUT2D eigenvalue weighted by Crippen LogP contribution is 2.02. The molecule has 0 aliphatic carbocycles. The number of hydrogen-bond donors (Lipinski definition) is 0. The molecule has 0 rings (SSSR count). The van der Waals surface area contributed by atoms with Crippen LogP contribution in [0.25, 0.3) is 0 Å². The van der Waals surface area contributed by atoms with Crippen LogP contribution in [0, 0.1) is 0 Å². The van der Waals surface area contributed by atoms with E-state index in [4.69, 9.17) is 9.47 Å². The lowest BCUT2D eigenvalue weighted by Crippen LogP contribution is -2.05. The van der Waals surface area contributed by atoms with E-state index in [1.807, 2.05) is 12.2 Å². The molecule has 0 aliphatic heterocycles. The minimum atomic E-state index is -0.143. The van der Waals surface area contributed by atoms with Crippen LogP contribution in [0.15, 0.2) is 12.2 Å². The van der Waals surface area contributed by atoms with Crippen LogP contribution in [-0.2, 0) is 19.1 Å². The summed E-state index contributed by atoms with van der Waals surface area (Å²) in [5, 5.41) is 0. The summed E-state index contributed by atoms with van der Waals surface area (Å²) in [5.41, 5.74) is 0. The largest absolute Gasteiger partial charge is 0.466 e. The molecule has 0 saturated carbocycles. The van der Waals surface area contributed by atoms with Gasteiger partial charge >= 0.3 is 11.9 Å². The normalized spacial score (nSPS) is 10.8. The van der Waals surface area contributed by atoms with Crippen LogP contribution < -0.4 is 0 Å². The minimum Gasteiger partial charge on any atom is -0.466 e. The zero-order valence-corrected chi connectivity index (χ0v) is 14.3. The zero-order valence-electron chi connectivity index (χ0n) is 14.3. The Labute approximate surface area is 135 Å². The number of esters is 2. The zero-order chi connectivity index (χ0) is 16.5. The molecule has 0 unspecified atom stereocenters. The summed E-state index contributed by atoms with van der Waals surface area (Å²) < 4.78 is 10.2. The van der Waals surface area contributed by atoms with Crippen molar-refractivity contribution in [1.82, 2.24) is 0 Å². The summed E-state index contributed by atoms with van der Waals surface area (Å²) in [6.45, 7) is 5.29. The fourth-order valence-corrected chi connectivity index (χ4v) is 1.86. The van der Waals surface area contributed by atoms with Crippen molar-refractivity contribution in [2.75, 3.05) is 13.2 Å². The fraction of sp³-hybridized carbons (Fsp3) is 0.778. The topological polar surface area (TPSA) is 52.6 Å². The van der Waals surface area contributed by atoms with Gasteiger partial charge in [-0.3, -0.25) is 9.59 Å². The monoisotopic (exact) mass is 312 g/mol. The third-order valence-electron chi connectivity index (χ3n) is 3.22. The van der Waals surface area contributed by atoms with E-state index in [1.54, 1.807) is 0 Å². The lowest BCUT2D eigenvalue weighted by molar-refractivity contribution is -0.144. The van der Waals surface area contributed by atoms with Crippen LogP contribution in [0.4, 0.5) is 0 Å². The van der Waals surface area contributed by atoms with Crippen molar-refractivity contribution in [3.8, 4) is 0 Å². The Kier molecular flexibility index (Phi) is 15.1. The van der Waals surface area contributed by atoms with Crippen molar-refractivity contribution in [2.24, 2.45) is 0 Å². The first-order valence-electron chi connectivity index (χ1n) is 8.66. The van der Waals surface area contributed by atoms with Gasteiger partial charge in [-0.05, 0) is 25.7 Å². The molecule has 0 N–H and O–H groups in total. The lowest BCUT2D eigenvalue weighted by atomic mass is 10.2. The molecule has 0 aromatic heterocycles. The van der Waals surface area contributed by atoms with Crippen LogP contribution in [-0.4, -0.2) is 25.2 Å². The molecule has 0 aromatic carbocycles. The first kappa shape index (κ1) is 20.7. The molecule has 0 atom stereocenters. The molecular weight excluding hydrogens is 280 g/mol. The number of ether oxygens (including phenoxy) is 2. The van der Waals surface area contributed by atoms with Crippen molar-refractivity contribution in [2.45, 2.75) is 78.1 Å². The first-order chi connectivity index (χ1) is 10.7. The molecule has 0 aromatic rings. The van der Waals surface area contributed by atoms with Gasteiger partial charge in [-0.1, -0.05) is 51.7 Å². The Morgan fingerprint density at radius 2 is 1.14 bits per heavy atom. The summed E-state index contributed by atoms with van der Waals surface area (Å²) >= 11 is 0. The van der Waals surface area contributed by atoms with Crippen LogP contribution in [0.5, 0.6) is 0 Å². The Balaban J connectivity index is 3.42. The van der Waals surface area contributed by atoms with Crippen molar-refractivity contribution in [3.63, 3.8) is 0 Å². The van der Waals surface area contributed by atoms with Gasteiger partial charge in [0.2, 0.25) is 0 Å². The van der Waals surface area contributed by atoms with Crippen molar-refractivity contribution in [3.05, 3.63) is 12.2 Å². The third-order valence-corrected chi connectivity index (χ3v) is 3.22. The van der Waals surface area contributed by atoms with Gasteiger partial charge in [0.1, 0.15) is 0 Å². The van der Waals surface area contributed by atoms with E-state index in [-0.39, 0.29) is 11.9 Å². The number of unbranched alkanes of at least 4 members (excludes halogenated alkanes) is 4. The SMILES string of the molecule is CCCCCOC(=O)CCC=CCCC(=O)OCCCCC. The van der Waals surface area contributed by atoms with Gasteiger partial charge in [0.15, 0.2) is 0 Å². The quantitative estimate of drug-likeness (QED) is 0.268. The van der Waals surface area contributed by atoms with Crippen molar-refractivity contribution < 1.29 is 19.1 Å². The molecule has 128 valence electrons. The minimum absolute atomic E-state index is 0.143.